The Morgan fingerprint density at radius 2 is 1.71 bits per heavy atom. The lowest BCUT2D eigenvalue weighted by Crippen LogP contribution is -2.40. The lowest BCUT2D eigenvalue weighted by atomic mass is 9.65. The fourth-order valence-electron chi connectivity index (χ4n) is 5.57. The molecule has 1 aromatic rings. The third-order valence-corrected chi connectivity index (χ3v) is 8.30. The molecule has 0 unspecified atom stereocenters. The summed E-state index contributed by atoms with van der Waals surface area (Å²) in [5.41, 5.74) is 1.000. The molecule has 0 aromatic heterocycles. The van der Waals surface area contributed by atoms with Crippen LogP contribution in [0.3, 0.4) is 0 Å². The van der Waals surface area contributed by atoms with Crippen molar-refractivity contribution in [3.05, 3.63) is 29.8 Å². The first kappa shape index (κ1) is 19.9. The van der Waals surface area contributed by atoms with Crippen LogP contribution in [0, 0.1) is 10.8 Å². The summed E-state index contributed by atoms with van der Waals surface area (Å²) in [4.78, 5) is 15.4. The molecule has 1 saturated carbocycles. The van der Waals surface area contributed by atoms with E-state index in [4.69, 9.17) is 4.74 Å². The highest BCUT2D eigenvalue weighted by atomic mass is 32.2. The molecule has 2 atom stereocenters. The van der Waals surface area contributed by atoms with Crippen molar-refractivity contribution < 1.29 is 17.9 Å². The van der Waals surface area contributed by atoms with Gasteiger partial charge in [-0.15, -0.1) is 0 Å². The smallest absolute Gasteiger partial charge is 0.254 e. The van der Waals surface area contributed by atoms with E-state index in [2.05, 4.69) is 20.8 Å². The summed E-state index contributed by atoms with van der Waals surface area (Å²) in [7, 11) is -3.53. The van der Waals surface area contributed by atoms with Gasteiger partial charge in [0, 0.05) is 31.2 Å². The Labute approximate surface area is 167 Å². The number of amides is 1. The average molecular weight is 407 g/mol. The highest BCUT2D eigenvalue weighted by Crippen LogP contribution is 2.52. The van der Waals surface area contributed by atoms with Crippen molar-refractivity contribution in [1.29, 1.82) is 0 Å². The van der Waals surface area contributed by atoms with E-state index in [9.17, 15) is 13.2 Å². The highest BCUT2D eigenvalue weighted by molar-refractivity contribution is 7.89. The molecule has 6 nitrogen and oxygen atoms in total. The standard InChI is InChI=1S/C21H30N2O4S/c1-20(2)12-17-13-21(3,14-20)15-23(17)19(24)16-4-6-18(7-5-16)28(25,26)22-8-10-27-11-9-22/h4-7,17H,8-15H2,1-3H3/t17-,21+/m1/s1. The van der Waals surface area contributed by atoms with Crippen LogP contribution < -0.4 is 0 Å². The van der Waals surface area contributed by atoms with Gasteiger partial charge in [-0.2, -0.15) is 4.31 Å². The van der Waals surface area contributed by atoms with Crippen LogP contribution in [0.1, 0.15) is 50.4 Å². The first-order valence-corrected chi connectivity index (χ1v) is 11.5. The Kier molecular flexibility index (Phi) is 4.83. The van der Waals surface area contributed by atoms with Gasteiger partial charge in [0.15, 0.2) is 0 Å². The Bertz CT molecular complexity index is 859. The summed E-state index contributed by atoms with van der Waals surface area (Å²) >= 11 is 0. The second-order valence-electron chi connectivity index (χ2n) is 9.69. The van der Waals surface area contributed by atoms with E-state index in [1.807, 2.05) is 4.90 Å². The van der Waals surface area contributed by atoms with E-state index in [0.29, 0.717) is 31.9 Å². The molecule has 2 heterocycles. The van der Waals surface area contributed by atoms with E-state index in [1.54, 1.807) is 24.3 Å². The van der Waals surface area contributed by atoms with Crippen LogP contribution >= 0.6 is 0 Å². The van der Waals surface area contributed by atoms with E-state index in [0.717, 1.165) is 25.8 Å². The average Bonchev–Trinajstić information content (AvgIpc) is 2.90. The minimum atomic E-state index is -3.53. The largest absolute Gasteiger partial charge is 0.379 e. The molecule has 4 rings (SSSR count). The molecule has 0 N–H and O–H groups in total. The fourth-order valence-corrected chi connectivity index (χ4v) is 6.98. The summed E-state index contributed by atoms with van der Waals surface area (Å²) in [5.74, 6) is 0.0155. The van der Waals surface area contributed by atoms with Gasteiger partial charge in [-0.3, -0.25) is 4.79 Å². The molecule has 154 valence electrons. The monoisotopic (exact) mass is 406 g/mol. The zero-order valence-corrected chi connectivity index (χ0v) is 17.8. The zero-order chi connectivity index (χ0) is 20.2. The SMILES string of the molecule is CC1(C)C[C@@H]2C[C@](C)(CN2C(=O)c2ccc(S(=O)(=O)N3CCOCC3)cc2)C1. The predicted octanol–water partition coefficient (Wildman–Crippen LogP) is 2.75. The number of benzene rings is 1. The molecule has 1 aliphatic carbocycles. The van der Waals surface area contributed by atoms with Crippen LogP contribution in [0.25, 0.3) is 0 Å². The maximum atomic E-state index is 13.2. The topological polar surface area (TPSA) is 66.9 Å². The molecule has 1 aromatic carbocycles. The van der Waals surface area contributed by atoms with E-state index < -0.39 is 10.0 Å². The second-order valence-corrected chi connectivity index (χ2v) is 11.6. The third kappa shape index (κ3) is 3.60. The van der Waals surface area contributed by atoms with Gasteiger partial charge in [0.25, 0.3) is 5.91 Å². The van der Waals surface area contributed by atoms with Gasteiger partial charge >= 0.3 is 0 Å². The molecule has 1 amide bonds. The minimum absolute atomic E-state index is 0.0155. The van der Waals surface area contributed by atoms with E-state index in [1.165, 1.54) is 4.31 Å². The molecule has 28 heavy (non-hydrogen) atoms. The van der Waals surface area contributed by atoms with Crippen molar-refractivity contribution in [1.82, 2.24) is 9.21 Å². The summed E-state index contributed by atoms with van der Waals surface area (Å²) in [6.45, 7) is 9.22. The van der Waals surface area contributed by atoms with Gasteiger partial charge < -0.3 is 9.64 Å². The van der Waals surface area contributed by atoms with Crippen molar-refractivity contribution in [2.75, 3.05) is 32.8 Å². The molecule has 0 spiro atoms. The minimum Gasteiger partial charge on any atom is -0.379 e. The number of sulfonamides is 1. The lowest BCUT2D eigenvalue weighted by Gasteiger charge is -2.39. The van der Waals surface area contributed by atoms with E-state index >= 15 is 0 Å². The molecule has 2 aliphatic heterocycles. The normalized spacial score (nSPS) is 30.4. The number of rotatable bonds is 3. The van der Waals surface area contributed by atoms with Gasteiger partial charge in [0.1, 0.15) is 0 Å². The number of hydrogen-bond acceptors (Lipinski definition) is 4. The summed E-state index contributed by atoms with van der Waals surface area (Å²) in [5, 5.41) is 0. The molecular weight excluding hydrogens is 376 g/mol. The summed E-state index contributed by atoms with van der Waals surface area (Å²) in [6, 6.07) is 6.72. The van der Waals surface area contributed by atoms with Gasteiger partial charge in [-0.1, -0.05) is 20.8 Å². The third-order valence-electron chi connectivity index (χ3n) is 6.38. The van der Waals surface area contributed by atoms with Crippen LogP contribution in [-0.4, -0.2) is 62.4 Å². The van der Waals surface area contributed by atoms with Crippen molar-refractivity contribution >= 4 is 15.9 Å². The number of ether oxygens (including phenoxy) is 1. The van der Waals surface area contributed by atoms with Crippen molar-refractivity contribution in [3.8, 4) is 0 Å². The summed E-state index contributed by atoms with van der Waals surface area (Å²) < 4.78 is 32.2. The molecule has 0 radical (unpaired) electrons. The molecule has 7 heteroatoms. The Balaban J connectivity index is 1.52. The van der Waals surface area contributed by atoms with Crippen molar-refractivity contribution in [2.24, 2.45) is 10.8 Å². The fraction of sp³-hybridized carbons (Fsp3) is 0.667. The number of carbonyl (C=O) groups is 1. The predicted molar refractivity (Wildman–Crippen MR) is 107 cm³/mol. The number of fused-ring (bicyclic) bond motifs is 2. The van der Waals surface area contributed by atoms with Crippen LogP contribution in [0.5, 0.6) is 0 Å². The van der Waals surface area contributed by atoms with Gasteiger partial charge in [0.2, 0.25) is 10.0 Å². The quantitative estimate of drug-likeness (QED) is 0.774. The number of morpholine rings is 1. The molecule has 2 bridgehead atoms. The highest BCUT2D eigenvalue weighted by Gasteiger charge is 2.51. The van der Waals surface area contributed by atoms with Crippen LogP contribution in [-0.2, 0) is 14.8 Å². The van der Waals surface area contributed by atoms with Crippen molar-refractivity contribution in [3.63, 3.8) is 0 Å². The maximum absolute atomic E-state index is 13.2. The van der Waals surface area contributed by atoms with Gasteiger partial charge in [-0.05, 0) is 54.4 Å². The van der Waals surface area contributed by atoms with Crippen LogP contribution in [0.2, 0.25) is 0 Å². The first-order valence-electron chi connectivity index (χ1n) is 10.1. The first-order chi connectivity index (χ1) is 13.1. The zero-order valence-electron chi connectivity index (χ0n) is 17.0. The Morgan fingerprint density at radius 3 is 2.36 bits per heavy atom. The maximum Gasteiger partial charge on any atom is 0.254 e. The Morgan fingerprint density at radius 1 is 1.07 bits per heavy atom. The van der Waals surface area contributed by atoms with E-state index in [-0.39, 0.29) is 27.7 Å². The van der Waals surface area contributed by atoms with Crippen molar-refractivity contribution in [2.45, 2.75) is 51.0 Å². The van der Waals surface area contributed by atoms with Crippen LogP contribution in [0.4, 0.5) is 0 Å². The lowest BCUT2D eigenvalue weighted by molar-refractivity contribution is 0.0708. The second kappa shape index (κ2) is 6.82. The van der Waals surface area contributed by atoms with Gasteiger partial charge in [0.05, 0.1) is 18.1 Å². The molecule has 3 aliphatic rings. The molecule has 2 saturated heterocycles. The molecular formula is C21H30N2O4S. The summed E-state index contributed by atoms with van der Waals surface area (Å²) in [6.07, 6.45) is 3.22. The Hall–Kier alpha value is -1.44. The number of likely N-dealkylation sites (tertiary alicyclic amines) is 1. The molecule has 3 fully saturated rings. The number of carbonyl (C=O) groups excluding carboxylic acids is 1. The number of hydrogen-bond donors (Lipinski definition) is 0. The van der Waals surface area contributed by atoms with Crippen LogP contribution in [0.15, 0.2) is 29.2 Å². The van der Waals surface area contributed by atoms with Gasteiger partial charge in [-0.25, -0.2) is 8.42 Å². The number of nitrogens with zero attached hydrogens (tertiary/aromatic N) is 2.